The summed E-state index contributed by atoms with van der Waals surface area (Å²) in [6.45, 7) is 5.89. The van der Waals surface area contributed by atoms with E-state index in [4.69, 9.17) is 0 Å². The molecular formula is C22H26N6O. The van der Waals surface area contributed by atoms with Crippen LogP contribution in [-0.2, 0) is 0 Å². The number of benzene rings is 2. The van der Waals surface area contributed by atoms with Gasteiger partial charge in [-0.05, 0) is 62.2 Å². The number of urea groups is 1. The van der Waals surface area contributed by atoms with Crippen LogP contribution in [0.5, 0.6) is 0 Å². The standard InChI is InChI=1S/C22H26N6O/c1-14-6-7-15(2)19(12-14)26-22(29)25-18-10-8-17(9-11-18)24-21-23-16(3)13-20(27-21)28(4)5/h6-13H,1-5H3,(H,23,24,27)(H2,25,26,29). The van der Waals surface area contributed by atoms with Gasteiger partial charge in [-0.15, -0.1) is 0 Å². The molecule has 2 aromatic carbocycles. The topological polar surface area (TPSA) is 82.2 Å². The fourth-order valence-electron chi connectivity index (χ4n) is 2.76. The Labute approximate surface area is 171 Å². The van der Waals surface area contributed by atoms with Gasteiger partial charge in [0.15, 0.2) is 0 Å². The highest BCUT2D eigenvalue weighted by atomic mass is 16.2. The van der Waals surface area contributed by atoms with Crippen LogP contribution in [0, 0.1) is 20.8 Å². The first-order chi connectivity index (χ1) is 13.8. The number of aryl methyl sites for hydroxylation is 3. The van der Waals surface area contributed by atoms with Crippen molar-refractivity contribution < 1.29 is 4.79 Å². The molecule has 0 fully saturated rings. The zero-order valence-electron chi connectivity index (χ0n) is 17.4. The van der Waals surface area contributed by atoms with E-state index in [1.807, 2.05) is 88.3 Å². The summed E-state index contributed by atoms with van der Waals surface area (Å²) in [6.07, 6.45) is 0. The molecular weight excluding hydrogens is 364 g/mol. The Kier molecular flexibility index (Phi) is 5.97. The van der Waals surface area contributed by atoms with Crippen molar-refractivity contribution in [3.8, 4) is 0 Å². The molecule has 29 heavy (non-hydrogen) atoms. The Morgan fingerprint density at radius 3 is 2.24 bits per heavy atom. The largest absolute Gasteiger partial charge is 0.363 e. The van der Waals surface area contributed by atoms with Crippen LogP contribution in [0.1, 0.15) is 16.8 Å². The van der Waals surface area contributed by atoms with E-state index in [0.717, 1.165) is 34.0 Å². The lowest BCUT2D eigenvalue weighted by atomic mass is 10.1. The highest BCUT2D eigenvalue weighted by molar-refractivity contribution is 6.00. The highest BCUT2D eigenvalue weighted by Crippen LogP contribution is 2.20. The minimum Gasteiger partial charge on any atom is -0.363 e. The normalized spacial score (nSPS) is 10.4. The summed E-state index contributed by atoms with van der Waals surface area (Å²) >= 11 is 0. The molecule has 0 saturated carbocycles. The van der Waals surface area contributed by atoms with E-state index in [1.165, 1.54) is 0 Å². The second kappa shape index (κ2) is 8.60. The molecule has 0 saturated heterocycles. The number of hydrogen-bond acceptors (Lipinski definition) is 5. The summed E-state index contributed by atoms with van der Waals surface area (Å²) in [5, 5.41) is 8.93. The summed E-state index contributed by atoms with van der Waals surface area (Å²) < 4.78 is 0. The number of amides is 2. The molecule has 0 aliphatic carbocycles. The molecule has 1 heterocycles. The van der Waals surface area contributed by atoms with E-state index >= 15 is 0 Å². The maximum Gasteiger partial charge on any atom is 0.323 e. The molecule has 0 aliphatic rings. The molecule has 3 aromatic rings. The van der Waals surface area contributed by atoms with Gasteiger partial charge in [0.2, 0.25) is 5.95 Å². The minimum absolute atomic E-state index is 0.281. The van der Waals surface area contributed by atoms with Crippen LogP contribution < -0.4 is 20.9 Å². The Balaban J connectivity index is 1.64. The van der Waals surface area contributed by atoms with Gasteiger partial charge in [-0.1, -0.05) is 12.1 Å². The lowest BCUT2D eigenvalue weighted by Gasteiger charge is -2.14. The summed E-state index contributed by atoms with van der Waals surface area (Å²) in [5.41, 5.74) is 5.32. The van der Waals surface area contributed by atoms with Gasteiger partial charge < -0.3 is 20.9 Å². The van der Waals surface area contributed by atoms with E-state index in [2.05, 4.69) is 25.9 Å². The summed E-state index contributed by atoms with van der Waals surface area (Å²) in [6, 6.07) is 15.0. The predicted molar refractivity (Wildman–Crippen MR) is 119 cm³/mol. The molecule has 2 amide bonds. The van der Waals surface area contributed by atoms with Crippen LogP contribution in [0.2, 0.25) is 0 Å². The van der Waals surface area contributed by atoms with E-state index in [1.54, 1.807) is 0 Å². The Bertz CT molecular complexity index is 1010. The number of carbonyl (C=O) groups is 1. The fraction of sp³-hybridized carbons (Fsp3) is 0.227. The van der Waals surface area contributed by atoms with Gasteiger partial charge >= 0.3 is 6.03 Å². The smallest absolute Gasteiger partial charge is 0.323 e. The van der Waals surface area contributed by atoms with Gasteiger partial charge in [-0.2, -0.15) is 4.98 Å². The monoisotopic (exact) mass is 390 g/mol. The van der Waals surface area contributed by atoms with Crippen molar-refractivity contribution in [2.24, 2.45) is 0 Å². The van der Waals surface area contributed by atoms with Gasteiger partial charge in [0.25, 0.3) is 0 Å². The quantitative estimate of drug-likeness (QED) is 0.580. The van der Waals surface area contributed by atoms with Gasteiger partial charge in [0, 0.05) is 42.9 Å². The summed E-state index contributed by atoms with van der Waals surface area (Å²) in [7, 11) is 3.88. The third-order valence-corrected chi connectivity index (χ3v) is 4.34. The molecule has 0 unspecified atom stereocenters. The van der Waals surface area contributed by atoms with Crippen LogP contribution in [0.25, 0.3) is 0 Å². The number of anilines is 5. The third kappa shape index (κ3) is 5.44. The highest BCUT2D eigenvalue weighted by Gasteiger charge is 2.07. The van der Waals surface area contributed by atoms with Crippen molar-refractivity contribution >= 4 is 34.9 Å². The second-order valence-electron chi connectivity index (χ2n) is 7.19. The van der Waals surface area contributed by atoms with Crippen LogP contribution in [0.3, 0.4) is 0 Å². The molecule has 0 atom stereocenters. The fourth-order valence-corrected chi connectivity index (χ4v) is 2.76. The Morgan fingerprint density at radius 1 is 0.862 bits per heavy atom. The molecule has 7 nitrogen and oxygen atoms in total. The van der Waals surface area contributed by atoms with Crippen LogP contribution in [0.4, 0.5) is 33.6 Å². The summed E-state index contributed by atoms with van der Waals surface area (Å²) in [5.74, 6) is 1.36. The first kappa shape index (κ1) is 20.1. The molecule has 0 radical (unpaired) electrons. The van der Waals surface area contributed by atoms with Crippen molar-refractivity contribution in [2.75, 3.05) is 34.9 Å². The molecule has 150 valence electrons. The molecule has 0 spiro atoms. The summed E-state index contributed by atoms with van der Waals surface area (Å²) in [4.78, 5) is 23.1. The second-order valence-corrected chi connectivity index (χ2v) is 7.19. The zero-order chi connectivity index (χ0) is 21.0. The van der Waals surface area contributed by atoms with E-state index in [0.29, 0.717) is 11.6 Å². The average Bonchev–Trinajstić information content (AvgIpc) is 2.66. The van der Waals surface area contributed by atoms with E-state index in [9.17, 15) is 4.79 Å². The van der Waals surface area contributed by atoms with Crippen molar-refractivity contribution in [1.29, 1.82) is 0 Å². The van der Waals surface area contributed by atoms with Crippen molar-refractivity contribution in [3.05, 3.63) is 65.4 Å². The van der Waals surface area contributed by atoms with E-state index in [-0.39, 0.29) is 6.03 Å². The lowest BCUT2D eigenvalue weighted by Crippen LogP contribution is -2.20. The van der Waals surface area contributed by atoms with Gasteiger partial charge in [-0.3, -0.25) is 0 Å². The first-order valence-corrected chi connectivity index (χ1v) is 9.35. The number of nitrogens with one attached hydrogen (secondary N) is 3. The van der Waals surface area contributed by atoms with Crippen molar-refractivity contribution in [1.82, 2.24) is 9.97 Å². The van der Waals surface area contributed by atoms with Crippen molar-refractivity contribution in [3.63, 3.8) is 0 Å². The molecule has 3 rings (SSSR count). The first-order valence-electron chi connectivity index (χ1n) is 9.35. The SMILES string of the molecule is Cc1ccc(C)c(NC(=O)Nc2ccc(Nc3nc(C)cc(N(C)C)n3)cc2)c1. The van der Waals surface area contributed by atoms with Crippen molar-refractivity contribution in [2.45, 2.75) is 20.8 Å². The lowest BCUT2D eigenvalue weighted by molar-refractivity contribution is 0.262. The molecule has 3 N–H and O–H groups in total. The minimum atomic E-state index is -0.281. The maximum atomic E-state index is 12.3. The molecule has 0 aliphatic heterocycles. The molecule has 1 aromatic heterocycles. The van der Waals surface area contributed by atoms with Gasteiger partial charge in [0.1, 0.15) is 5.82 Å². The number of nitrogens with zero attached hydrogens (tertiary/aromatic N) is 3. The molecule has 7 heteroatoms. The van der Waals surface area contributed by atoms with Gasteiger partial charge in [0.05, 0.1) is 0 Å². The number of hydrogen-bond donors (Lipinski definition) is 3. The average molecular weight is 390 g/mol. The predicted octanol–water partition coefficient (Wildman–Crippen LogP) is 4.86. The Morgan fingerprint density at radius 2 is 1.55 bits per heavy atom. The van der Waals surface area contributed by atoms with Crippen LogP contribution in [-0.4, -0.2) is 30.1 Å². The van der Waals surface area contributed by atoms with E-state index < -0.39 is 0 Å². The maximum absolute atomic E-state index is 12.3. The zero-order valence-corrected chi connectivity index (χ0v) is 17.4. The number of carbonyl (C=O) groups excluding carboxylic acids is 1. The Hall–Kier alpha value is -3.61. The van der Waals surface area contributed by atoms with Gasteiger partial charge in [-0.25, -0.2) is 9.78 Å². The number of rotatable bonds is 5. The van der Waals surface area contributed by atoms with Crippen LogP contribution in [0.15, 0.2) is 48.5 Å². The number of aromatic nitrogens is 2. The van der Waals surface area contributed by atoms with Crippen LogP contribution >= 0.6 is 0 Å². The molecule has 0 bridgehead atoms. The third-order valence-electron chi connectivity index (χ3n) is 4.34.